The predicted octanol–water partition coefficient (Wildman–Crippen LogP) is 4.12. The van der Waals surface area contributed by atoms with E-state index in [1.54, 1.807) is 6.07 Å². The van der Waals surface area contributed by atoms with Gasteiger partial charge in [0, 0.05) is 5.92 Å². The van der Waals surface area contributed by atoms with E-state index in [1.807, 2.05) is 0 Å². The minimum atomic E-state index is -4.30. The summed E-state index contributed by atoms with van der Waals surface area (Å²) in [6.07, 6.45) is -2.79. The zero-order valence-corrected chi connectivity index (χ0v) is 8.43. The van der Waals surface area contributed by atoms with Crippen LogP contribution in [0, 0.1) is 13.8 Å². The monoisotopic (exact) mass is 213 g/mol. The molecule has 81 valence electrons. The highest BCUT2D eigenvalue weighted by atomic mass is 19.4. The van der Waals surface area contributed by atoms with Crippen LogP contribution in [0.3, 0.4) is 0 Å². The lowest BCUT2D eigenvalue weighted by atomic mass is 9.96. The number of hydrogen-bond donors (Lipinski definition) is 0. The molecule has 3 heteroatoms. The maximum absolute atomic E-state index is 12.5. The van der Waals surface area contributed by atoms with Crippen LogP contribution in [-0.2, 0) is 6.18 Å². The van der Waals surface area contributed by atoms with Crippen molar-refractivity contribution in [2.75, 3.05) is 0 Å². The molecule has 0 aliphatic rings. The quantitative estimate of drug-likeness (QED) is 0.648. The van der Waals surface area contributed by atoms with Crippen LogP contribution in [0.25, 0.3) is 0 Å². The van der Waals surface area contributed by atoms with E-state index in [2.05, 4.69) is 13.5 Å². The molecule has 0 saturated heterocycles. The zero-order chi connectivity index (χ0) is 11.6. The molecule has 0 heterocycles. The van der Waals surface area contributed by atoms with E-state index in [9.17, 15) is 13.2 Å². The lowest BCUT2D eigenvalue weighted by Crippen LogP contribution is -2.08. The van der Waals surface area contributed by atoms with Crippen molar-refractivity contribution in [3.63, 3.8) is 0 Å². The maximum Gasteiger partial charge on any atom is 0.416 e. The van der Waals surface area contributed by atoms with Crippen LogP contribution in [0.2, 0.25) is 0 Å². The molecular weight excluding hydrogens is 201 g/mol. The topological polar surface area (TPSA) is 0 Å². The smallest absolute Gasteiger partial charge is 0.166 e. The Hall–Kier alpha value is -1.25. The Bertz CT molecular complexity index is 364. The van der Waals surface area contributed by atoms with E-state index in [4.69, 9.17) is 0 Å². The molecule has 1 atom stereocenters. The van der Waals surface area contributed by atoms with Gasteiger partial charge in [-0.25, -0.2) is 0 Å². The molecule has 0 fully saturated rings. The second kappa shape index (κ2) is 4.09. The predicted molar refractivity (Wildman–Crippen MR) is 54.5 cm³/mol. The summed E-state index contributed by atoms with van der Waals surface area (Å²) in [5.41, 5.74) is 0.154. The average molecular weight is 213 g/mol. The fourth-order valence-corrected chi connectivity index (χ4v) is 1.31. The van der Waals surface area contributed by atoms with Gasteiger partial charge in [-0.3, -0.25) is 0 Å². The van der Waals surface area contributed by atoms with Gasteiger partial charge in [0.1, 0.15) is 0 Å². The first kappa shape index (κ1) is 11.8. The molecule has 0 aromatic heterocycles. The Morgan fingerprint density at radius 1 is 1.33 bits per heavy atom. The molecule has 0 bridgehead atoms. The third kappa shape index (κ3) is 2.61. The normalized spacial score (nSPS) is 13.7. The number of allylic oxidation sites excluding steroid dienone is 1. The van der Waals surface area contributed by atoms with Crippen LogP contribution in [0.1, 0.15) is 22.6 Å². The highest BCUT2D eigenvalue weighted by Gasteiger charge is 2.32. The van der Waals surface area contributed by atoms with Gasteiger partial charge in [-0.15, -0.1) is 6.58 Å². The van der Waals surface area contributed by atoms with Crippen molar-refractivity contribution in [2.45, 2.75) is 19.0 Å². The van der Waals surface area contributed by atoms with E-state index >= 15 is 0 Å². The molecule has 1 radical (unpaired) electrons. The minimum absolute atomic E-state index is 0.225. The standard InChI is InChI=1S/C12H12F3/c1-4-8(2)10-6-5-9(3)11(7-10)12(13,14)15/h4-8H,1-2H2,3H3. The molecule has 15 heavy (non-hydrogen) atoms. The Kier molecular flexibility index (Phi) is 3.22. The van der Waals surface area contributed by atoms with Gasteiger partial charge in [-0.1, -0.05) is 18.2 Å². The molecule has 0 N–H and O–H groups in total. The third-order valence-electron chi connectivity index (χ3n) is 2.28. The molecule has 0 aliphatic carbocycles. The third-order valence-corrected chi connectivity index (χ3v) is 2.28. The van der Waals surface area contributed by atoms with Crippen LogP contribution < -0.4 is 0 Å². The number of benzene rings is 1. The average Bonchev–Trinajstić information content (AvgIpc) is 2.15. The summed E-state index contributed by atoms with van der Waals surface area (Å²) in [4.78, 5) is 0. The van der Waals surface area contributed by atoms with Crippen LogP contribution in [0.4, 0.5) is 13.2 Å². The molecule has 1 aromatic carbocycles. The van der Waals surface area contributed by atoms with Gasteiger partial charge >= 0.3 is 6.18 Å². The summed E-state index contributed by atoms with van der Waals surface area (Å²) in [6.45, 7) is 8.64. The number of aryl methyl sites for hydroxylation is 1. The van der Waals surface area contributed by atoms with Crippen LogP contribution in [0.5, 0.6) is 0 Å². The Labute approximate surface area is 87.4 Å². The number of alkyl halides is 3. The zero-order valence-electron chi connectivity index (χ0n) is 8.43. The van der Waals surface area contributed by atoms with Gasteiger partial charge in [0.15, 0.2) is 0 Å². The SMILES string of the molecule is [CH2]C(C=C)c1ccc(C)c(C(F)(F)F)c1. The molecule has 0 saturated carbocycles. The second-order valence-corrected chi connectivity index (χ2v) is 3.41. The molecule has 1 unspecified atom stereocenters. The minimum Gasteiger partial charge on any atom is -0.166 e. The summed E-state index contributed by atoms with van der Waals surface area (Å²) in [7, 11) is 0. The van der Waals surface area contributed by atoms with Crippen molar-refractivity contribution in [2.24, 2.45) is 0 Å². The van der Waals surface area contributed by atoms with E-state index < -0.39 is 11.7 Å². The lowest BCUT2D eigenvalue weighted by molar-refractivity contribution is -0.138. The number of hydrogen-bond acceptors (Lipinski definition) is 0. The van der Waals surface area contributed by atoms with Crippen molar-refractivity contribution >= 4 is 0 Å². The van der Waals surface area contributed by atoms with Crippen molar-refractivity contribution in [1.82, 2.24) is 0 Å². The highest BCUT2D eigenvalue weighted by Crippen LogP contribution is 2.33. The summed E-state index contributed by atoms with van der Waals surface area (Å²) in [6, 6.07) is 4.23. The first-order chi connectivity index (χ1) is 6.86. The largest absolute Gasteiger partial charge is 0.416 e. The van der Waals surface area contributed by atoms with Crippen molar-refractivity contribution in [1.29, 1.82) is 0 Å². The molecule has 1 rings (SSSR count). The van der Waals surface area contributed by atoms with E-state index in [0.717, 1.165) is 6.07 Å². The van der Waals surface area contributed by atoms with Gasteiger partial charge in [0.25, 0.3) is 0 Å². The Balaban J connectivity index is 3.22. The van der Waals surface area contributed by atoms with Crippen molar-refractivity contribution in [3.8, 4) is 0 Å². The second-order valence-electron chi connectivity index (χ2n) is 3.41. The van der Waals surface area contributed by atoms with Gasteiger partial charge in [0.2, 0.25) is 0 Å². The van der Waals surface area contributed by atoms with Crippen LogP contribution >= 0.6 is 0 Å². The van der Waals surface area contributed by atoms with Gasteiger partial charge in [-0.05, 0) is 31.0 Å². The molecule has 0 aliphatic heterocycles. The fraction of sp³-hybridized carbons (Fsp3) is 0.250. The Morgan fingerprint density at radius 2 is 1.93 bits per heavy atom. The molecule has 0 spiro atoms. The molecular formula is C12H12F3. The molecule has 1 aromatic rings. The van der Waals surface area contributed by atoms with Crippen LogP contribution in [-0.4, -0.2) is 0 Å². The van der Waals surface area contributed by atoms with Crippen LogP contribution in [0.15, 0.2) is 30.9 Å². The van der Waals surface area contributed by atoms with Gasteiger partial charge in [0.05, 0.1) is 5.56 Å². The maximum atomic E-state index is 12.5. The first-order valence-corrected chi connectivity index (χ1v) is 4.49. The van der Waals surface area contributed by atoms with Crippen molar-refractivity contribution < 1.29 is 13.2 Å². The number of rotatable bonds is 2. The Morgan fingerprint density at radius 3 is 2.40 bits per heavy atom. The molecule has 0 amide bonds. The van der Waals surface area contributed by atoms with Gasteiger partial charge in [-0.2, -0.15) is 13.2 Å². The first-order valence-electron chi connectivity index (χ1n) is 4.49. The van der Waals surface area contributed by atoms with Gasteiger partial charge < -0.3 is 0 Å². The van der Waals surface area contributed by atoms with E-state index in [0.29, 0.717) is 5.56 Å². The highest BCUT2D eigenvalue weighted by molar-refractivity contribution is 5.36. The van der Waals surface area contributed by atoms with E-state index in [1.165, 1.54) is 19.1 Å². The lowest BCUT2D eigenvalue weighted by Gasteiger charge is -2.13. The fourth-order valence-electron chi connectivity index (χ4n) is 1.31. The summed E-state index contributed by atoms with van der Waals surface area (Å²) in [5.74, 6) is -0.313. The van der Waals surface area contributed by atoms with Crippen molar-refractivity contribution in [3.05, 3.63) is 54.5 Å². The van der Waals surface area contributed by atoms with E-state index in [-0.39, 0.29) is 11.5 Å². The molecule has 0 nitrogen and oxygen atoms in total. The summed E-state index contributed by atoms with van der Waals surface area (Å²) >= 11 is 0. The summed E-state index contributed by atoms with van der Waals surface area (Å²) in [5, 5.41) is 0. The summed E-state index contributed by atoms with van der Waals surface area (Å²) < 4.78 is 37.6. The number of halogens is 3.